The van der Waals surface area contributed by atoms with E-state index in [4.69, 9.17) is 5.73 Å². The maximum absolute atomic E-state index is 6.18. The van der Waals surface area contributed by atoms with Crippen molar-refractivity contribution in [3.8, 4) is 0 Å². The monoisotopic (exact) mass is 352 g/mol. The number of anilines is 1. The van der Waals surface area contributed by atoms with Gasteiger partial charge in [-0.25, -0.2) is 0 Å². The number of hydrogen-bond donors (Lipinski definition) is 2. The standard InChI is InChI=1S/C18H29BrN2/c1-13(2)7-15-5-4-6-18(11-15,12-20)21-17-9-14(3)8-16(19)10-17/h8-10,13,15,21H,4-7,11-12,20H2,1-3H3. The van der Waals surface area contributed by atoms with E-state index in [0.29, 0.717) is 6.54 Å². The summed E-state index contributed by atoms with van der Waals surface area (Å²) in [6.45, 7) is 7.49. The normalized spacial score (nSPS) is 26.1. The molecule has 0 radical (unpaired) electrons. The Hall–Kier alpha value is -0.540. The van der Waals surface area contributed by atoms with Crippen LogP contribution >= 0.6 is 15.9 Å². The van der Waals surface area contributed by atoms with Crippen LogP contribution < -0.4 is 11.1 Å². The molecule has 0 heterocycles. The van der Waals surface area contributed by atoms with Crippen molar-refractivity contribution in [1.29, 1.82) is 0 Å². The summed E-state index contributed by atoms with van der Waals surface area (Å²) in [5.41, 5.74) is 8.72. The minimum atomic E-state index is 0.0744. The van der Waals surface area contributed by atoms with E-state index in [0.717, 1.165) is 16.3 Å². The van der Waals surface area contributed by atoms with Gasteiger partial charge in [0.1, 0.15) is 0 Å². The zero-order valence-corrected chi connectivity index (χ0v) is 15.2. The van der Waals surface area contributed by atoms with Crippen molar-refractivity contribution in [3.63, 3.8) is 0 Å². The highest BCUT2D eigenvalue weighted by atomic mass is 79.9. The van der Waals surface area contributed by atoms with E-state index in [1.54, 1.807) is 0 Å². The molecule has 1 aliphatic carbocycles. The van der Waals surface area contributed by atoms with Gasteiger partial charge in [-0.2, -0.15) is 0 Å². The highest BCUT2D eigenvalue weighted by molar-refractivity contribution is 9.10. The first-order valence-electron chi connectivity index (χ1n) is 8.18. The molecule has 0 amide bonds. The summed E-state index contributed by atoms with van der Waals surface area (Å²) in [6.07, 6.45) is 6.35. The first-order chi connectivity index (χ1) is 9.92. The average Bonchev–Trinajstić information content (AvgIpc) is 2.37. The maximum atomic E-state index is 6.18. The molecule has 1 aliphatic rings. The molecule has 0 bridgehead atoms. The molecule has 1 aromatic carbocycles. The molecule has 2 unspecified atom stereocenters. The van der Waals surface area contributed by atoms with Crippen LogP contribution in [-0.2, 0) is 0 Å². The van der Waals surface area contributed by atoms with Crippen LogP contribution in [0, 0.1) is 18.8 Å². The Bertz CT molecular complexity index is 452. The molecule has 0 aromatic heterocycles. The van der Waals surface area contributed by atoms with Crippen molar-refractivity contribution in [3.05, 3.63) is 28.2 Å². The van der Waals surface area contributed by atoms with Crippen LogP contribution in [0.1, 0.15) is 51.5 Å². The second-order valence-corrected chi connectivity index (χ2v) is 8.13. The average molecular weight is 353 g/mol. The highest BCUT2D eigenvalue weighted by Crippen LogP contribution is 2.38. The largest absolute Gasteiger partial charge is 0.378 e. The van der Waals surface area contributed by atoms with Gasteiger partial charge in [0.25, 0.3) is 0 Å². The molecule has 1 saturated carbocycles. The molecule has 1 aromatic rings. The van der Waals surface area contributed by atoms with Crippen molar-refractivity contribution in [2.24, 2.45) is 17.6 Å². The van der Waals surface area contributed by atoms with Gasteiger partial charge in [0.15, 0.2) is 0 Å². The minimum Gasteiger partial charge on any atom is -0.378 e. The van der Waals surface area contributed by atoms with E-state index in [9.17, 15) is 0 Å². The number of halogens is 1. The molecule has 3 heteroatoms. The summed E-state index contributed by atoms with van der Waals surface area (Å²) in [7, 11) is 0. The number of hydrogen-bond acceptors (Lipinski definition) is 2. The van der Waals surface area contributed by atoms with Gasteiger partial charge in [-0.1, -0.05) is 42.6 Å². The fraction of sp³-hybridized carbons (Fsp3) is 0.667. The molecule has 0 spiro atoms. The molecule has 2 atom stereocenters. The molecule has 2 nitrogen and oxygen atoms in total. The second kappa shape index (κ2) is 7.15. The fourth-order valence-electron chi connectivity index (χ4n) is 3.82. The Labute approximate surface area is 138 Å². The topological polar surface area (TPSA) is 38.0 Å². The van der Waals surface area contributed by atoms with Crippen molar-refractivity contribution < 1.29 is 0 Å². The SMILES string of the molecule is Cc1cc(Br)cc(NC2(CN)CCCC(CC(C)C)C2)c1. The summed E-state index contributed by atoms with van der Waals surface area (Å²) in [5.74, 6) is 1.58. The third-order valence-electron chi connectivity index (χ3n) is 4.59. The number of benzene rings is 1. The van der Waals surface area contributed by atoms with Crippen molar-refractivity contribution >= 4 is 21.6 Å². The Balaban J connectivity index is 2.13. The number of nitrogens with two attached hydrogens (primary N) is 1. The highest BCUT2D eigenvalue weighted by Gasteiger charge is 2.35. The van der Waals surface area contributed by atoms with Crippen LogP contribution in [0.25, 0.3) is 0 Å². The van der Waals surface area contributed by atoms with Gasteiger partial charge in [-0.05, 0) is 61.8 Å². The van der Waals surface area contributed by atoms with Crippen LogP contribution in [0.15, 0.2) is 22.7 Å². The van der Waals surface area contributed by atoms with Gasteiger partial charge < -0.3 is 11.1 Å². The van der Waals surface area contributed by atoms with Crippen molar-refractivity contribution in [2.75, 3.05) is 11.9 Å². The minimum absolute atomic E-state index is 0.0744. The van der Waals surface area contributed by atoms with Crippen LogP contribution in [0.4, 0.5) is 5.69 Å². The van der Waals surface area contributed by atoms with Crippen LogP contribution in [-0.4, -0.2) is 12.1 Å². The molecule has 0 saturated heterocycles. The van der Waals surface area contributed by atoms with Gasteiger partial charge in [-0.15, -0.1) is 0 Å². The number of rotatable bonds is 5. The van der Waals surface area contributed by atoms with E-state index in [2.05, 4.69) is 60.2 Å². The predicted molar refractivity (Wildman–Crippen MR) is 95.7 cm³/mol. The van der Waals surface area contributed by atoms with E-state index < -0.39 is 0 Å². The summed E-state index contributed by atoms with van der Waals surface area (Å²) in [4.78, 5) is 0. The third-order valence-corrected chi connectivity index (χ3v) is 5.05. The summed E-state index contributed by atoms with van der Waals surface area (Å²) in [6, 6.07) is 6.52. The Morgan fingerprint density at radius 2 is 2.14 bits per heavy atom. The number of aryl methyl sites for hydroxylation is 1. The van der Waals surface area contributed by atoms with Gasteiger partial charge in [0, 0.05) is 22.2 Å². The van der Waals surface area contributed by atoms with E-state index in [1.165, 1.54) is 43.4 Å². The first-order valence-corrected chi connectivity index (χ1v) is 8.97. The lowest BCUT2D eigenvalue weighted by Crippen LogP contribution is -2.49. The van der Waals surface area contributed by atoms with Crippen LogP contribution in [0.2, 0.25) is 0 Å². The third kappa shape index (κ3) is 4.72. The summed E-state index contributed by atoms with van der Waals surface area (Å²) >= 11 is 3.59. The van der Waals surface area contributed by atoms with Crippen LogP contribution in [0.3, 0.4) is 0 Å². The van der Waals surface area contributed by atoms with Gasteiger partial charge in [0.2, 0.25) is 0 Å². The Kier molecular flexibility index (Phi) is 5.73. The van der Waals surface area contributed by atoms with Gasteiger partial charge in [-0.3, -0.25) is 0 Å². The Morgan fingerprint density at radius 1 is 1.38 bits per heavy atom. The lowest BCUT2D eigenvalue weighted by molar-refractivity contribution is 0.222. The molecule has 3 N–H and O–H groups in total. The quantitative estimate of drug-likeness (QED) is 0.773. The van der Waals surface area contributed by atoms with Crippen molar-refractivity contribution in [1.82, 2.24) is 0 Å². The lowest BCUT2D eigenvalue weighted by atomic mass is 9.73. The molecular weight excluding hydrogens is 324 g/mol. The van der Waals surface area contributed by atoms with Crippen molar-refractivity contribution in [2.45, 2.75) is 58.4 Å². The molecule has 1 fully saturated rings. The molecule has 2 rings (SSSR count). The summed E-state index contributed by atoms with van der Waals surface area (Å²) in [5, 5.41) is 3.77. The molecule has 118 valence electrons. The number of nitrogens with one attached hydrogen (secondary N) is 1. The second-order valence-electron chi connectivity index (χ2n) is 7.22. The fourth-order valence-corrected chi connectivity index (χ4v) is 4.43. The molecule has 0 aliphatic heterocycles. The summed E-state index contributed by atoms with van der Waals surface area (Å²) < 4.78 is 1.13. The van der Waals surface area contributed by atoms with E-state index in [-0.39, 0.29) is 5.54 Å². The zero-order chi connectivity index (χ0) is 15.5. The van der Waals surface area contributed by atoms with E-state index >= 15 is 0 Å². The zero-order valence-electron chi connectivity index (χ0n) is 13.6. The van der Waals surface area contributed by atoms with E-state index in [1.807, 2.05) is 0 Å². The molecular formula is C18H29BrN2. The Morgan fingerprint density at radius 3 is 2.76 bits per heavy atom. The smallest absolute Gasteiger partial charge is 0.0498 e. The maximum Gasteiger partial charge on any atom is 0.0498 e. The van der Waals surface area contributed by atoms with Crippen LogP contribution in [0.5, 0.6) is 0 Å². The predicted octanol–water partition coefficient (Wildman–Crippen LogP) is 5.10. The van der Waals surface area contributed by atoms with Gasteiger partial charge in [0.05, 0.1) is 0 Å². The van der Waals surface area contributed by atoms with Gasteiger partial charge >= 0.3 is 0 Å². The molecule has 21 heavy (non-hydrogen) atoms. The first kappa shape index (κ1) is 16.8. The lowest BCUT2D eigenvalue weighted by Gasteiger charge is -2.42.